The van der Waals surface area contributed by atoms with E-state index in [9.17, 15) is 13.6 Å². The second-order valence-electron chi connectivity index (χ2n) is 4.51. The van der Waals surface area contributed by atoms with Crippen LogP contribution in [0.2, 0.25) is 0 Å². The molecule has 0 spiro atoms. The van der Waals surface area contributed by atoms with Gasteiger partial charge in [0.2, 0.25) is 5.91 Å². The van der Waals surface area contributed by atoms with Crippen LogP contribution in [-0.2, 0) is 4.79 Å². The van der Waals surface area contributed by atoms with Gasteiger partial charge < -0.3 is 10.6 Å². The number of benzene rings is 1. The van der Waals surface area contributed by atoms with Crippen molar-refractivity contribution >= 4 is 27.5 Å². The van der Waals surface area contributed by atoms with Crippen LogP contribution in [0.1, 0.15) is 26.7 Å². The van der Waals surface area contributed by atoms with E-state index in [4.69, 9.17) is 0 Å². The molecule has 19 heavy (non-hydrogen) atoms. The number of anilines is 1. The Morgan fingerprint density at radius 3 is 2.63 bits per heavy atom. The van der Waals surface area contributed by atoms with Crippen LogP contribution in [0.15, 0.2) is 16.6 Å². The van der Waals surface area contributed by atoms with Crippen molar-refractivity contribution in [3.8, 4) is 0 Å². The maximum Gasteiger partial charge on any atom is 0.224 e. The van der Waals surface area contributed by atoms with Gasteiger partial charge in [-0.25, -0.2) is 8.78 Å². The molecule has 0 radical (unpaired) electrons. The topological polar surface area (TPSA) is 41.1 Å². The van der Waals surface area contributed by atoms with E-state index in [0.717, 1.165) is 12.6 Å². The molecule has 6 heteroatoms. The van der Waals surface area contributed by atoms with Crippen LogP contribution < -0.4 is 10.6 Å². The van der Waals surface area contributed by atoms with Crippen LogP contribution in [0.3, 0.4) is 0 Å². The summed E-state index contributed by atoms with van der Waals surface area (Å²) in [5.41, 5.74) is -0.0184. The van der Waals surface area contributed by atoms with Gasteiger partial charge in [0.1, 0.15) is 11.6 Å². The van der Waals surface area contributed by atoms with Gasteiger partial charge in [0.25, 0.3) is 0 Å². The van der Waals surface area contributed by atoms with Gasteiger partial charge in [0.15, 0.2) is 0 Å². The number of amides is 1. The predicted molar refractivity (Wildman–Crippen MR) is 75.1 cm³/mol. The SMILES string of the molecule is CC(C)NCCCC(=O)Nc1cc(Br)c(F)cc1F. The van der Waals surface area contributed by atoms with E-state index in [1.165, 1.54) is 6.07 Å². The largest absolute Gasteiger partial charge is 0.324 e. The first-order chi connectivity index (χ1) is 8.90. The second-order valence-corrected chi connectivity index (χ2v) is 5.36. The fourth-order valence-corrected chi connectivity index (χ4v) is 1.81. The minimum absolute atomic E-state index is 0.0184. The highest BCUT2D eigenvalue weighted by Gasteiger charge is 2.10. The van der Waals surface area contributed by atoms with Crippen LogP contribution in [-0.4, -0.2) is 18.5 Å². The van der Waals surface area contributed by atoms with Crippen molar-refractivity contribution in [1.29, 1.82) is 0 Å². The maximum atomic E-state index is 13.4. The van der Waals surface area contributed by atoms with E-state index in [0.29, 0.717) is 12.5 Å². The minimum Gasteiger partial charge on any atom is -0.324 e. The summed E-state index contributed by atoms with van der Waals surface area (Å²) >= 11 is 2.95. The number of rotatable bonds is 6. The van der Waals surface area contributed by atoms with Gasteiger partial charge in [-0.3, -0.25) is 4.79 Å². The first-order valence-corrected chi connectivity index (χ1v) is 6.87. The molecule has 0 aliphatic carbocycles. The zero-order chi connectivity index (χ0) is 14.4. The highest BCUT2D eigenvalue weighted by Crippen LogP contribution is 2.23. The fraction of sp³-hybridized carbons (Fsp3) is 0.462. The summed E-state index contributed by atoms with van der Waals surface area (Å²) in [6, 6.07) is 2.32. The van der Waals surface area contributed by atoms with Crippen molar-refractivity contribution in [2.24, 2.45) is 0 Å². The third-order valence-electron chi connectivity index (χ3n) is 2.42. The molecule has 0 heterocycles. The van der Waals surface area contributed by atoms with E-state index in [-0.39, 0.29) is 22.5 Å². The summed E-state index contributed by atoms with van der Waals surface area (Å²) in [6.07, 6.45) is 0.947. The van der Waals surface area contributed by atoms with Gasteiger partial charge in [-0.1, -0.05) is 13.8 Å². The summed E-state index contributed by atoms with van der Waals surface area (Å²) in [6.45, 7) is 4.76. The highest BCUT2D eigenvalue weighted by molar-refractivity contribution is 9.10. The normalized spacial score (nSPS) is 10.8. The number of carbonyl (C=O) groups is 1. The Bertz CT molecular complexity index is 453. The van der Waals surface area contributed by atoms with Crippen LogP contribution in [0, 0.1) is 11.6 Å². The smallest absolute Gasteiger partial charge is 0.224 e. The fourth-order valence-electron chi connectivity index (χ4n) is 1.47. The Kier molecular flexibility index (Phi) is 6.37. The lowest BCUT2D eigenvalue weighted by Gasteiger charge is -2.09. The monoisotopic (exact) mass is 334 g/mol. The molecule has 106 valence electrons. The molecule has 0 fully saturated rings. The average Bonchev–Trinajstić information content (AvgIpc) is 2.31. The van der Waals surface area contributed by atoms with Crippen LogP contribution >= 0.6 is 15.9 Å². The standard InChI is InChI=1S/C13H17BrF2N2O/c1-8(2)17-5-3-4-13(19)18-12-6-9(14)10(15)7-11(12)16/h6-8,17H,3-5H2,1-2H3,(H,18,19). The van der Waals surface area contributed by atoms with Gasteiger partial charge >= 0.3 is 0 Å². The molecule has 0 aliphatic rings. The van der Waals surface area contributed by atoms with E-state index >= 15 is 0 Å². The zero-order valence-corrected chi connectivity index (χ0v) is 12.5. The first kappa shape index (κ1) is 16.0. The van der Waals surface area contributed by atoms with Crippen molar-refractivity contribution < 1.29 is 13.6 Å². The molecule has 0 aliphatic heterocycles. The molecule has 1 aromatic carbocycles. The number of hydrogen-bond donors (Lipinski definition) is 2. The second kappa shape index (κ2) is 7.55. The van der Waals surface area contributed by atoms with E-state index in [1.54, 1.807) is 0 Å². The van der Waals surface area contributed by atoms with Crippen LogP contribution in [0.25, 0.3) is 0 Å². The Labute approximate surface area is 119 Å². The van der Waals surface area contributed by atoms with Gasteiger partial charge in [-0.15, -0.1) is 0 Å². The Hall–Kier alpha value is -1.01. The molecule has 0 saturated heterocycles. The molecular formula is C13H17BrF2N2O. The Balaban J connectivity index is 2.46. The number of halogens is 3. The van der Waals surface area contributed by atoms with Crippen molar-refractivity contribution in [2.75, 3.05) is 11.9 Å². The quantitative estimate of drug-likeness (QED) is 0.618. The molecule has 1 rings (SSSR count). The number of hydrogen-bond acceptors (Lipinski definition) is 2. The summed E-state index contributed by atoms with van der Waals surface area (Å²) in [7, 11) is 0. The van der Waals surface area contributed by atoms with Gasteiger partial charge in [0, 0.05) is 18.5 Å². The summed E-state index contributed by atoms with van der Waals surface area (Å²) in [5, 5.41) is 5.61. The van der Waals surface area contributed by atoms with Crippen molar-refractivity contribution in [3.63, 3.8) is 0 Å². The number of carbonyl (C=O) groups excluding carboxylic acids is 1. The summed E-state index contributed by atoms with van der Waals surface area (Å²) < 4.78 is 26.5. The molecule has 0 saturated carbocycles. The van der Waals surface area contributed by atoms with Crippen molar-refractivity contribution in [1.82, 2.24) is 5.32 Å². The van der Waals surface area contributed by atoms with Crippen molar-refractivity contribution in [3.05, 3.63) is 28.2 Å². The molecule has 2 N–H and O–H groups in total. The molecule has 1 aromatic rings. The Morgan fingerprint density at radius 2 is 2.00 bits per heavy atom. The lowest BCUT2D eigenvalue weighted by molar-refractivity contribution is -0.116. The van der Waals surface area contributed by atoms with Gasteiger partial charge in [-0.2, -0.15) is 0 Å². The third-order valence-corrected chi connectivity index (χ3v) is 3.02. The molecule has 0 bridgehead atoms. The minimum atomic E-state index is -0.783. The Morgan fingerprint density at radius 1 is 1.32 bits per heavy atom. The highest BCUT2D eigenvalue weighted by atomic mass is 79.9. The number of nitrogens with one attached hydrogen (secondary N) is 2. The molecule has 0 unspecified atom stereocenters. The predicted octanol–water partition coefficient (Wildman–Crippen LogP) is 3.44. The molecule has 0 atom stereocenters. The van der Waals surface area contributed by atoms with Gasteiger partial charge in [-0.05, 0) is 35.0 Å². The van der Waals surface area contributed by atoms with Crippen molar-refractivity contribution in [2.45, 2.75) is 32.7 Å². The van der Waals surface area contributed by atoms with Gasteiger partial charge in [0.05, 0.1) is 10.2 Å². The lowest BCUT2D eigenvalue weighted by Crippen LogP contribution is -2.24. The van der Waals surface area contributed by atoms with E-state index in [2.05, 4.69) is 26.6 Å². The maximum absolute atomic E-state index is 13.4. The third kappa shape index (κ3) is 5.65. The molecular weight excluding hydrogens is 318 g/mol. The molecule has 0 aromatic heterocycles. The van der Waals surface area contributed by atoms with Crippen LogP contribution in [0.5, 0.6) is 0 Å². The van der Waals surface area contributed by atoms with Crippen LogP contribution in [0.4, 0.5) is 14.5 Å². The van der Waals surface area contributed by atoms with E-state index in [1.807, 2.05) is 13.8 Å². The molecule has 1 amide bonds. The summed E-state index contributed by atoms with van der Waals surface area (Å²) in [4.78, 5) is 11.6. The molecule has 3 nitrogen and oxygen atoms in total. The lowest BCUT2D eigenvalue weighted by atomic mass is 10.2. The zero-order valence-electron chi connectivity index (χ0n) is 10.9. The van der Waals surface area contributed by atoms with E-state index < -0.39 is 11.6 Å². The first-order valence-electron chi connectivity index (χ1n) is 6.08. The average molecular weight is 335 g/mol. The summed E-state index contributed by atoms with van der Waals surface area (Å²) in [5.74, 6) is -1.77.